The SMILES string of the molecule is CCOCc1c[nH]c(=O)c([N+](=O)[O-])c1Nc1ccc(OC)cc1. The molecule has 0 unspecified atom stereocenters. The number of hydrogen-bond acceptors (Lipinski definition) is 6. The van der Waals surface area contributed by atoms with Gasteiger partial charge in [-0.1, -0.05) is 0 Å². The third-order valence-corrected chi connectivity index (χ3v) is 3.15. The van der Waals surface area contributed by atoms with Crippen molar-refractivity contribution in [3.63, 3.8) is 0 Å². The Labute approximate surface area is 132 Å². The van der Waals surface area contributed by atoms with Gasteiger partial charge < -0.3 is 19.8 Å². The zero-order valence-corrected chi connectivity index (χ0v) is 12.8. The van der Waals surface area contributed by atoms with Crippen LogP contribution in [0.3, 0.4) is 0 Å². The van der Waals surface area contributed by atoms with Crippen LogP contribution in [0, 0.1) is 10.1 Å². The first-order valence-electron chi connectivity index (χ1n) is 6.94. The number of ether oxygens (including phenoxy) is 2. The molecule has 0 amide bonds. The Hall–Kier alpha value is -2.87. The van der Waals surface area contributed by atoms with Gasteiger partial charge in [0.1, 0.15) is 11.4 Å². The van der Waals surface area contributed by atoms with Crippen LogP contribution in [-0.4, -0.2) is 23.6 Å². The molecular formula is C15H17N3O5. The fourth-order valence-electron chi connectivity index (χ4n) is 2.02. The number of pyridine rings is 1. The Bertz CT molecular complexity index is 740. The average Bonchev–Trinajstić information content (AvgIpc) is 2.54. The van der Waals surface area contributed by atoms with E-state index in [4.69, 9.17) is 9.47 Å². The molecule has 0 fully saturated rings. The molecule has 0 aliphatic carbocycles. The second-order valence-corrected chi connectivity index (χ2v) is 4.61. The highest BCUT2D eigenvalue weighted by atomic mass is 16.6. The third kappa shape index (κ3) is 3.86. The molecule has 0 aliphatic rings. The summed E-state index contributed by atoms with van der Waals surface area (Å²) in [6, 6.07) is 6.83. The molecule has 0 saturated carbocycles. The Morgan fingerprint density at radius 2 is 2.00 bits per heavy atom. The van der Waals surface area contributed by atoms with Gasteiger partial charge in [0.2, 0.25) is 0 Å². The van der Waals surface area contributed by atoms with Gasteiger partial charge in [0.15, 0.2) is 0 Å². The van der Waals surface area contributed by atoms with Crippen LogP contribution >= 0.6 is 0 Å². The van der Waals surface area contributed by atoms with Crippen molar-refractivity contribution >= 4 is 17.1 Å². The molecule has 0 spiro atoms. The summed E-state index contributed by atoms with van der Waals surface area (Å²) in [6.07, 6.45) is 1.41. The van der Waals surface area contributed by atoms with Gasteiger partial charge in [0, 0.05) is 24.1 Å². The van der Waals surface area contributed by atoms with Crippen molar-refractivity contribution in [1.82, 2.24) is 4.98 Å². The van der Waals surface area contributed by atoms with Crippen LogP contribution in [0.1, 0.15) is 12.5 Å². The second-order valence-electron chi connectivity index (χ2n) is 4.61. The summed E-state index contributed by atoms with van der Waals surface area (Å²) in [6.45, 7) is 2.41. The maximum Gasteiger partial charge on any atom is 0.357 e. The topological polar surface area (TPSA) is 106 Å². The molecule has 2 N–H and O–H groups in total. The molecule has 0 bridgehead atoms. The van der Waals surface area contributed by atoms with Crippen molar-refractivity contribution in [3.8, 4) is 5.75 Å². The predicted octanol–water partition coefficient (Wildman–Crippen LogP) is 2.57. The van der Waals surface area contributed by atoms with Gasteiger partial charge in [0.05, 0.1) is 18.6 Å². The molecule has 0 radical (unpaired) electrons. The number of methoxy groups -OCH3 is 1. The number of hydrogen-bond donors (Lipinski definition) is 2. The maximum atomic E-state index is 11.8. The van der Waals surface area contributed by atoms with E-state index >= 15 is 0 Å². The van der Waals surface area contributed by atoms with Gasteiger partial charge in [-0.25, -0.2) is 0 Å². The molecule has 1 heterocycles. The summed E-state index contributed by atoms with van der Waals surface area (Å²) in [7, 11) is 1.55. The Balaban J connectivity index is 2.45. The van der Waals surface area contributed by atoms with E-state index in [1.807, 2.05) is 6.92 Å². The molecule has 2 rings (SSSR count). The van der Waals surface area contributed by atoms with E-state index in [0.717, 1.165) is 0 Å². The first-order chi connectivity index (χ1) is 11.1. The Morgan fingerprint density at radius 1 is 1.30 bits per heavy atom. The van der Waals surface area contributed by atoms with Gasteiger partial charge in [-0.2, -0.15) is 0 Å². The number of nitrogens with one attached hydrogen (secondary N) is 2. The molecule has 23 heavy (non-hydrogen) atoms. The van der Waals surface area contributed by atoms with Crippen molar-refractivity contribution in [2.24, 2.45) is 0 Å². The highest BCUT2D eigenvalue weighted by molar-refractivity contribution is 5.72. The van der Waals surface area contributed by atoms with E-state index in [-0.39, 0.29) is 12.3 Å². The van der Waals surface area contributed by atoms with E-state index < -0.39 is 16.2 Å². The third-order valence-electron chi connectivity index (χ3n) is 3.15. The first kappa shape index (κ1) is 16.5. The van der Waals surface area contributed by atoms with E-state index in [1.165, 1.54) is 6.20 Å². The van der Waals surface area contributed by atoms with Crippen LogP contribution in [0.15, 0.2) is 35.3 Å². The lowest BCUT2D eigenvalue weighted by atomic mass is 10.2. The zero-order valence-electron chi connectivity index (χ0n) is 12.8. The zero-order chi connectivity index (χ0) is 16.8. The summed E-state index contributed by atoms with van der Waals surface area (Å²) in [4.78, 5) is 24.7. The Kier molecular flexibility index (Phi) is 5.32. The number of aromatic amines is 1. The highest BCUT2D eigenvalue weighted by Crippen LogP contribution is 2.29. The summed E-state index contributed by atoms with van der Waals surface area (Å²) < 4.78 is 10.4. The van der Waals surface area contributed by atoms with Crippen molar-refractivity contribution in [2.45, 2.75) is 13.5 Å². The van der Waals surface area contributed by atoms with Crippen LogP contribution in [0.2, 0.25) is 0 Å². The highest BCUT2D eigenvalue weighted by Gasteiger charge is 2.23. The average molecular weight is 319 g/mol. The molecule has 1 aromatic carbocycles. The summed E-state index contributed by atoms with van der Waals surface area (Å²) in [5.74, 6) is 0.658. The van der Waals surface area contributed by atoms with Gasteiger partial charge in [0.25, 0.3) is 0 Å². The number of H-pyrrole nitrogens is 1. The van der Waals surface area contributed by atoms with Crippen LogP contribution in [0.4, 0.5) is 17.1 Å². The molecule has 0 aliphatic heterocycles. The molecular weight excluding hydrogens is 302 g/mol. The van der Waals surface area contributed by atoms with Crippen LogP contribution in [0.5, 0.6) is 5.75 Å². The van der Waals surface area contributed by atoms with Gasteiger partial charge >= 0.3 is 11.2 Å². The second kappa shape index (κ2) is 7.41. The number of nitrogens with zero attached hydrogens (tertiary/aromatic N) is 1. The van der Waals surface area contributed by atoms with Crippen LogP contribution < -0.4 is 15.6 Å². The summed E-state index contributed by atoms with van der Waals surface area (Å²) >= 11 is 0. The molecule has 122 valence electrons. The standard InChI is InChI=1S/C15H17N3O5/c1-3-23-9-10-8-16-15(19)14(18(20)21)13(10)17-11-4-6-12(22-2)7-5-11/h4-8H,3,9H2,1-2H3,(H2,16,17,19). The van der Waals surface area contributed by atoms with Gasteiger partial charge in [-0.3, -0.25) is 14.9 Å². The molecule has 8 heteroatoms. The minimum absolute atomic E-state index is 0.123. The predicted molar refractivity (Wildman–Crippen MR) is 85.3 cm³/mol. The van der Waals surface area contributed by atoms with Crippen molar-refractivity contribution < 1.29 is 14.4 Å². The number of anilines is 2. The van der Waals surface area contributed by atoms with Gasteiger partial charge in [-0.05, 0) is 31.2 Å². The number of nitro groups is 1. The van der Waals surface area contributed by atoms with E-state index in [1.54, 1.807) is 31.4 Å². The number of aromatic nitrogens is 1. The first-order valence-corrected chi connectivity index (χ1v) is 6.94. The molecule has 0 atom stereocenters. The lowest BCUT2D eigenvalue weighted by Crippen LogP contribution is -2.16. The van der Waals surface area contributed by atoms with Crippen molar-refractivity contribution in [3.05, 3.63) is 56.5 Å². The minimum Gasteiger partial charge on any atom is -0.497 e. The molecule has 1 aromatic heterocycles. The van der Waals surface area contributed by atoms with E-state index in [9.17, 15) is 14.9 Å². The van der Waals surface area contributed by atoms with Crippen LogP contribution in [0.25, 0.3) is 0 Å². The number of benzene rings is 1. The summed E-state index contributed by atoms with van der Waals surface area (Å²) in [5.41, 5.74) is -0.104. The lowest BCUT2D eigenvalue weighted by Gasteiger charge is -2.12. The molecule has 0 saturated heterocycles. The normalized spacial score (nSPS) is 10.3. The van der Waals surface area contributed by atoms with Crippen molar-refractivity contribution in [2.75, 3.05) is 19.0 Å². The Morgan fingerprint density at radius 3 is 2.57 bits per heavy atom. The van der Waals surface area contributed by atoms with Crippen LogP contribution in [-0.2, 0) is 11.3 Å². The fraction of sp³-hybridized carbons (Fsp3) is 0.267. The quantitative estimate of drug-likeness (QED) is 0.600. The number of rotatable bonds is 7. The smallest absolute Gasteiger partial charge is 0.357 e. The van der Waals surface area contributed by atoms with E-state index in [2.05, 4.69) is 10.3 Å². The molecule has 8 nitrogen and oxygen atoms in total. The van der Waals surface area contributed by atoms with E-state index in [0.29, 0.717) is 23.6 Å². The van der Waals surface area contributed by atoms with Gasteiger partial charge in [-0.15, -0.1) is 0 Å². The minimum atomic E-state index is -0.772. The fourth-order valence-corrected chi connectivity index (χ4v) is 2.02. The summed E-state index contributed by atoms with van der Waals surface area (Å²) in [5, 5.41) is 14.2. The van der Waals surface area contributed by atoms with Crippen molar-refractivity contribution in [1.29, 1.82) is 0 Å². The largest absolute Gasteiger partial charge is 0.497 e. The molecule has 2 aromatic rings. The monoisotopic (exact) mass is 319 g/mol. The maximum absolute atomic E-state index is 11.8. The lowest BCUT2D eigenvalue weighted by molar-refractivity contribution is -0.385.